The fourth-order valence-corrected chi connectivity index (χ4v) is 3.26. The SMILES string of the molecule is C1=CC2(N=C1)C1CCCC2CNC1.Cl. The normalized spacial score (nSPS) is 44.0. The van der Waals surface area contributed by atoms with Crippen LogP contribution in [0, 0.1) is 11.8 Å². The van der Waals surface area contributed by atoms with Gasteiger partial charge in [-0.1, -0.05) is 12.5 Å². The molecule has 2 aliphatic heterocycles. The number of halogens is 1. The first kappa shape index (κ1) is 10.2. The smallest absolute Gasteiger partial charge is 0.0871 e. The van der Waals surface area contributed by atoms with Gasteiger partial charge in [0.2, 0.25) is 0 Å². The number of piperidine rings is 1. The van der Waals surface area contributed by atoms with Gasteiger partial charge in [-0.3, -0.25) is 4.99 Å². The highest BCUT2D eigenvalue weighted by Gasteiger charge is 2.48. The molecule has 1 spiro atoms. The molecule has 0 aromatic carbocycles. The van der Waals surface area contributed by atoms with Crippen LogP contribution < -0.4 is 5.32 Å². The molecule has 1 saturated carbocycles. The zero-order valence-electron chi connectivity index (χ0n) is 8.28. The summed E-state index contributed by atoms with van der Waals surface area (Å²) in [6.45, 7) is 2.33. The van der Waals surface area contributed by atoms with Crippen LogP contribution in [-0.4, -0.2) is 24.8 Å². The first-order chi connectivity index (χ1) is 6.42. The number of nitrogens with zero attached hydrogens (tertiary/aromatic N) is 1. The molecule has 3 rings (SSSR count). The van der Waals surface area contributed by atoms with Gasteiger partial charge in [0, 0.05) is 31.1 Å². The molecule has 0 amide bonds. The fraction of sp³-hybridized carbons (Fsp3) is 0.727. The van der Waals surface area contributed by atoms with Gasteiger partial charge in [-0.2, -0.15) is 0 Å². The van der Waals surface area contributed by atoms with Gasteiger partial charge in [-0.25, -0.2) is 0 Å². The summed E-state index contributed by atoms with van der Waals surface area (Å²) in [5, 5.41) is 3.53. The molecule has 2 unspecified atom stereocenters. The van der Waals surface area contributed by atoms with E-state index in [2.05, 4.69) is 17.5 Å². The van der Waals surface area contributed by atoms with Crippen molar-refractivity contribution < 1.29 is 0 Å². The Morgan fingerprint density at radius 1 is 1.21 bits per heavy atom. The summed E-state index contributed by atoms with van der Waals surface area (Å²) in [4.78, 5) is 4.74. The zero-order valence-corrected chi connectivity index (χ0v) is 9.09. The Labute approximate surface area is 91.3 Å². The van der Waals surface area contributed by atoms with Gasteiger partial charge in [-0.15, -0.1) is 12.4 Å². The van der Waals surface area contributed by atoms with Crippen molar-refractivity contribution in [1.82, 2.24) is 5.32 Å². The van der Waals surface area contributed by atoms with Gasteiger partial charge in [-0.05, 0) is 18.9 Å². The van der Waals surface area contributed by atoms with Crippen LogP contribution in [0.15, 0.2) is 17.1 Å². The lowest BCUT2D eigenvalue weighted by Crippen LogP contribution is -2.56. The van der Waals surface area contributed by atoms with Crippen molar-refractivity contribution in [3.05, 3.63) is 12.2 Å². The summed E-state index contributed by atoms with van der Waals surface area (Å²) in [6.07, 6.45) is 10.6. The molecule has 0 radical (unpaired) electrons. The third kappa shape index (κ3) is 1.24. The summed E-state index contributed by atoms with van der Waals surface area (Å²) < 4.78 is 0. The Kier molecular flexibility index (Phi) is 2.67. The van der Waals surface area contributed by atoms with E-state index in [1.165, 1.54) is 19.3 Å². The van der Waals surface area contributed by atoms with E-state index >= 15 is 0 Å². The van der Waals surface area contributed by atoms with Crippen LogP contribution in [0.5, 0.6) is 0 Å². The van der Waals surface area contributed by atoms with E-state index in [1.807, 2.05) is 6.21 Å². The average Bonchev–Trinajstić information content (AvgIpc) is 2.53. The lowest BCUT2D eigenvalue weighted by atomic mass is 9.64. The van der Waals surface area contributed by atoms with Gasteiger partial charge >= 0.3 is 0 Å². The second-order valence-corrected chi connectivity index (χ2v) is 4.51. The molecule has 1 saturated heterocycles. The molecule has 2 heterocycles. The minimum Gasteiger partial charge on any atom is -0.316 e. The molecular formula is C11H17ClN2. The van der Waals surface area contributed by atoms with Crippen LogP contribution in [-0.2, 0) is 0 Å². The highest BCUT2D eigenvalue weighted by molar-refractivity contribution is 5.85. The van der Waals surface area contributed by atoms with Gasteiger partial charge in [0.1, 0.15) is 0 Å². The molecule has 0 aromatic rings. The summed E-state index contributed by atoms with van der Waals surface area (Å²) in [6, 6.07) is 0. The quantitative estimate of drug-likeness (QED) is 0.651. The predicted octanol–water partition coefficient (Wildman–Crippen LogP) is 1.81. The summed E-state index contributed by atoms with van der Waals surface area (Å²) in [7, 11) is 0. The monoisotopic (exact) mass is 212 g/mol. The lowest BCUT2D eigenvalue weighted by Gasteiger charge is -2.48. The number of hydrogen-bond donors (Lipinski definition) is 1. The largest absolute Gasteiger partial charge is 0.316 e. The third-order valence-electron chi connectivity index (χ3n) is 3.94. The van der Waals surface area contributed by atoms with Crippen LogP contribution in [0.25, 0.3) is 0 Å². The number of allylic oxidation sites excluding steroid dienone is 1. The van der Waals surface area contributed by atoms with E-state index in [1.54, 1.807) is 0 Å². The highest BCUT2D eigenvalue weighted by Crippen LogP contribution is 2.45. The van der Waals surface area contributed by atoms with Crippen LogP contribution >= 0.6 is 12.4 Å². The van der Waals surface area contributed by atoms with Crippen molar-refractivity contribution in [2.45, 2.75) is 24.8 Å². The van der Waals surface area contributed by atoms with E-state index in [0.29, 0.717) is 0 Å². The molecule has 2 fully saturated rings. The van der Waals surface area contributed by atoms with E-state index in [9.17, 15) is 0 Å². The van der Waals surface area contributed by atoms with Crippen molar-refractivity contribution in [3.63, 3.8) is 0 Å². The molecule has 3 aliphatic rings. The van der Waals surface area contributed by atoms with Crippen molar-refractivity contribution >= 4 is 18.6 Å². The molecule has 14 heavy (non-hydrogen) atoms. The first-order valence-corrected chi connectivity index (χ1v) is 5.35. The Hall–Kier alpha value is -0.340. The van der Waals surface area contributed by atoms with E-state index in [0.717, 1.165) is 24.9 Å². The van der Waals surface area contributed by atoms with E-state index < -0.39 is 0 Å². The van der Waals surface area contributed by atoms with Crippen LogP contribution in [0.3, 0.4) is 0 Å². The van der Waals surface area contributed by atoms with Crippen LogP contribution in [0.4, 0.5) is 0 Å². The summed E-state index contributed by atoms with van der Waals surface area (Å²) in [5.41, 5.74) is 0.212. The zero-order chi connectivity index (χ0) is 8.73. The molecule has 2 nitrogen and oxygen atoms in total. The second-order valence-electron chi connectivity index (χ2n) is 4.51. The fourth-order valence-electron chi connectivity index (χ4n) is 3.26. The number of rotatable bonds is 0. The maximum atomic E-state index is 4.74. The standard InChI is InChI=1S/C11H16N2.ClH/c1-3-9-7-12-8-10(4-1)11(9)5-2-6-13-11;/h2,5-6,9-10,12H,1,3-4,7-8H2;1H. The van der Waals surface area contributed by atoms with Crippen molar-refractivity contribution in [1.29, 1.82) is 0 Å². The molecule has 0 aromatic heterocycles. The molecule has 78 valence electrons. The molecule has 3 heteroatoms. The van der Waals surface area contributed by atoms with Gasteiger partial charge in [0.25, 0.3) is 0 Å². The molecule has 1 N–H and O–H groups in total. The molecule has 2 bridgehead atoms. The average molecular weight is 213 g/mol. The second kappa shape index (κ2) is 3.67. The highest BCUT2D eigenvalue weighted by atomic mass is 35.5. The lowest BCUT2D eigenvalue weighted by molar-refractivity contribution is 0.116. The molecule has 1 aliphatic carbocycles. The van der Waals surface area contributed by atoms with E-state index in [4.69, 9.17) is 4.99 Å². The van der Waals surface area contributed by atoms with Crippen LogP contribution in [0.2, 0.25) is 0 Å². The van der Waals surface area contributed by atoms with Gasteiger partial charge in [0.05, 0.1) is 5.54 Å². The third-order valence-corrected chi connectivity index (χ3v) is 3.94. The van der Waals surface area contributed by atoms with Crippen LogP contribution in [0.1, 0.15) is 19.3 Å². The van der Waals surface area contributed by atoms with Crippen molar-refractivity contribution in [3.8, 4) is 0 Å². The van der Waals surface area contributed by atoms with Gasteiger partial charge < -0.3 is 5.32 Å². The predicted molar refractivity (Wildman–Crippen MR) is 61.3 cm³/mol. The number of hydrogen-bond acceptors (Lipinski definition) is 2. The number of nitrogens with one attached hydrogen (secondary N) is 1. The molecule has 2 atom stereocenters. The Balaban J connectivity index is 0.000000750. The minimum atomic E-state index is 0. The van der Waals surface area contributed by atoms with Crippen molar-refractivity contribution in [2.75, 3.05) is 13.1 Å². The Morgan fingerprint density at radius 2 is 1.93 bits per heavy atom. The minimum absolute atomic E-state index is 0. The molecular weight excluding hydrogens is 196 g/mol. The maximum absolute atomic E-state index is 4.74. The number of aliphatic imine (C=N–C) groups is 1. The maximum Gasteiger partial charge on any atom is 0.0871 e. The Bertz CT molecular complexity index is 236. The summed E-state index contributed by atoms with van der Waals surface area (Å²) in [5.74, 6) is 1.52. The van der Waals surface area contributed by atoms with Crippen molar-refractivity contribution in [2.24, 2.45) is 16.8 Å². The topological polar surface area (TPSA) is 24.4 Å². The Morgan fingerprint density at radius 3 is 2.50 bits per heavy atom. The first-order valence-electron chi connectivity index (χ1n) is 5.35. The summed E-state index contributed by atoms with van der Waals surface area (Å²) >= 11 is 0. The van der Waals surface area contributed by atoms with E-state index in [-0.39, 0.29) is 17.9 Å². The van der Waals surface area contributed by atoms with Gasteiger partial charge in [0.15, 0.2) is 0 Å².